The zero-order valence-electron chi connectivity index (χ0n) is 21.0. The van der Waals surface area contributed by atoms with Crippen LogP contribution in [0.2, 0.25) is 5.02 Å². The maximum absolute atomic E-state index is 12.6. The number of aromatic nitrogens is 2. The summed E-state index contributed by atoms with van der Waals surface area (Å²) in [6.45, 7) is 15.3. The van der Waals surface area contributed by atoms with Crippen molar-refractivity contribution in [1.29, 1.82) is 5.26 Å². The van der Waals surface area contributed by atoms with E-state index in [1.807, 2.05) is 45.0 Å². The number of hydrogen-bond donors (Lipinski definition) is 0. The summed E-state index contributed by atoms with van der Waals surface area (Å²) in [5.41, 5.74) is 2.47. The zero-order chi connectivity index (χ0) is 25.1. The summed E-state index contributed by atoms with van der Waals surface area (Å²) in [4.78, 5) is 12.6. The van der Waals surface area contributed by atoms with E-state index >= 15 is 0 Å². The molecule has 0 spiro atoms. The van der Waals surface area contributed by atoms with Gasteiger partial charge in [0.1, 0.15) is 17.3 Å². The van der Waals surface area contributed by atoms with Crippen LogP contribution in [-0.2, 0) is 26.7 Å². The van der Waals surface area contributed by atoms with Gasteiger partial charge in [-0.1, -0.05) is 63.6 Å². The molecule has 1 heterocycles. The fraction of sp³-hybridized carbons (Fsp3) is 0.500. The molecule has 0 radical (unpaired) electrons. The van der Waals surface area contributed by atoms with Gasteiger partial charge in [0.25, 0.3) is 0 Å². The second-order valence-electron chi connectivity index (χ2n) is 9.84. The van der Waals surface area contributed by atoms with Crippen LogP contribution >= 0.6 is 11.6 Å². The first-order valence-electron chi connectivity index (χ1n) is 11.1. The summed E-state index contributed by atoms with van der Waals surface area (Å²) in [6.07, 6.45) is -0.320. The minimum atomic E-state index is -0.943. The monoisotopic (exact) mass is 471 g/mol. The lowest BCUT2D eigenvalue weighted by Gasteiger charge is -2.25. The predicted octanol–water partition coefficient (Wildman–Crippen LogP) is 6.41. The number of halogens is 1. The highest BCUT2D eigenvalue weighted by molar-refractivity contribution is 6.33. The number of esters is 1. The van der Waals surface area contributed by atoms with E-state index in [4.69, 9.17) is 21.1 Å². The summed E-state index contributed by atoms with van der Waals surface area (Å²) >= 11 is 6.55. The van der Waals surface area contributed by atoms with Gasteiger partial charge in [0.2, 0.25) is 6.29 Å². The van der Waals surface area contributed by atoms with E-state index < -0.39 is 11.7 Å². The third-order valence-electron chi connectivity index (χ3n) is 5.74. The van der Waals surface area contributed by atoms with Crippen LogP contribution in [0.3, 0.4) is 0 Å². The average molecular weight is 472 g/mol. The molecule has 0 aliphatic rings. The molecule has 178 valence electrons. The number of ether oxygens (including phenoxy) is 2. The highest BCUT2D eigenvalue weighted by Crippen LogP contribution is 2.35. The molecule has 1 aromatic heterocycles. The van der Waals surface area contributed by atoms with Gasteiger partial charge in [-0.05, 0) is 43.7 Å². The Morgan fingerprint density at radius 3 is 2.18 bits per heavy atom. The maximum Gasteiger partial charge on any atom is 0.314 e. The van der Waals surface area contributed by atoms with Gasteiger partial charge < -0.3 is 9.47 Å². The minimum absolute atomic E-state index is 0.0222. The molecule has 7 heteroatoms. The molecule has 33 heavy (non-hydrogen) atoms. The van der Waals surface area contributed by atoms with Gasteiger partial charge in [-0.2, -0.15) is 10.4 Å². The van der Waals surface area contributed by atoms with E-state index in [0.29, 0.717) is 28.4 Å². The molecule has 6 nitrogen and oxygen atoms in total. The molecule has 0 aliphatic carbocycles. The number of carbonyl (C=O) groups excluding carboxylic acids is 1. The van der Waals surface area contributed by atoms with Crippen LogP contribution < -0.4 is 0 Å². The molecule has 1 atom stereocenters. The van der Waals surface area contributed by atoms with Crippen LogP contribution in [0.5, 0.6) is 0 Å². The Hall–Kier alpha value is -2.78. The largest absolute Gasteiger partial charge is 0.451 e. The summed E-state index contributed by atoms with van der Waals surface area (Å²) in [5, 5.41) is 14.9. The van der Waals surface area contributed by atoms with Crippen LogP contribution in [0.15, 0.2) is 24.3 Å². The SMILES string of the molecule is CCC(C)(C)C(=O)OC(C)O/C(=C(/C#N)c1ccc(C(C)(C)C)cc1)c1c(Cl)c(C)nn1C. The van der Waals surface area contributed by atoms with Crippen molar-refractivity contribution in [2.24, 2.45) is 12.5 Å². The topological polar surface area (TPSA) is 77.1 Å². The van der Waals surface area contributed by atoms with Gasteiger partial charge in [-0.15, -0.1) is 0 Å². The van der Waals surface area contributed by atoms with Gasteiger partial charge in [-0.25, -0.2) is 0 Å². The van der Waals surface area contributed by atoms with Crippen molar-refractivity contribution in [1.82, 2.24) is 9.78 Å². The molecular weight excluding hydrogens is 438 g/mol. The Kier molecular flexibility index (Phi) is 8.03. The van der Waals surface area contributed by atoms with Crippen molar-refractivity contribution < 1.29 is 14.3 Å². The number of nitriles is 1. The Balaban J connectivity index is 2.59. The van der Waals surface area contributed by atoms with Crippen molar-refractivity contribution in [3.05, 3.63) is 51.8 Å². The molecular formula is C26H34ClN3O3. The number of aryl methyl sites for hydroxylation is 2. The van der Waals surface area contributed by atoms with Crippen molar-refractivity contribution in [2.45, 2.75) is 73.5 Å². The third-order valence-corrected chi connectivity index (χ3v) is 6.19. The normalized spacial score (nSPS) is 13.7. The fourth-order valence-electron chi connectivity index (χ4n) is 3.14. The molecule has 2 rings (SSSR count). The van der Waals surface area contributed by atoms with Crippen LogP contribution in [0.4, 0.5) is 0 Å². The predicted molar refractivity (Wildman–Crippen MR) is 131 cm³/mol. The van der Waals surface area contributed by atoms with E-state index in [2.05, 4.69) is 31.9 Å². The van der Waals surface area contributed by atoms with E-state index in [1.54, 1.807) is 25.6 Å². The lowest BCUT2D eigenvalue weighted by Crippen LogP contribution is -2.30. The molecule has 1 aromatic carbocycles. The van der Waals surface area contributed by atoms with E-state index in [1.165, 1.54) is 0 Å². The summed E-state index contributed by atoms with van der Waals surface area (Å²) < 4.78 is 13.2. The number of rotatable bonds is 7. The number of nitrogens with zero attached hydrogens (tertiary/aromatic N) is 3. The van der Waals surface area contributed by atoms with Crippen LogP contribution in [0, 0.1) is 23.7 Å². The Morgan fingerprint density at radius 1 is 1.18 bits per heavy atom. The smallest absolute Gasteiger partial charge is 0.314 e. The standard InChI is InChI=1S/C26H34ClN3O3/c1-10-26(7,8)24(31)33-17(3)32-23(22-21(27)16(2)29-30(22)9)20(15-28)18-11-13-19(14-12-18)25(4,5)6/h11-14,17H,10H2,1-9H3/b23-20-. The number of allylic oxidation sites excluding steroid dienone is 1. The molecule has 0 N–H and O–H groups in total. The molecule has 2 aromatic rings. The van der Waals surface area contributed by atoms with Gasteiger partial charge in [0.15, 0.2) is 5.76 Å². The first kappa shape index (κ1) is 26.5. The second kappa shape index (κ2) is 10.0. The first-order valence-corrected chi connectivity index (χ1v) is 11.4. The van der Waals surface area contributed by atoms with Crippen molar-refractivity contribution in [2.75, 3.05) is 0 Å². The molecule has 0 aliphatic heterocycles. The fourth-order valence-corrected chi connectivity index (χ4v) is 3.39. The Morgan fingerprint density at radius 2 is 1.76 bits per heavy atom. The van der Waals surface area contributed by atoms with Crippen LogP contribution in [0.25, 0.3) is 11.3 Å². The Labute approximate surface area is 202 Å². The highest BCUT2D eigenvalue weighted by atomic mass is 35.5. The lowest BCUT2D eigenvalue weighted by atomic mass is 9.86. The van der Waals surface area contributed by atoms with Crippen molar-refractivity contribution in [3.63, 3.8) is 0 Å². The Bertz CT molecular complexity index is 1080. The van der Waals surface area contributed by atoms with Crippen LogP contribution in [-0.4, -0.2) is 22.0 Å². The maximum atomic E-state index is 12.6. The van der Waals surface area contributed by atoms with Gasteiger partial charge in [-0.3, -0.25) is 9.48 Å². The zero-order valence-corrected chi connectivity index (χ0v) is 21.8. The molecule has 1 unspecified atom stereocenters. The number of benzene rings is 1. The van der Waals surface area contributed by atoms with Crippen molar-refractivity contribution in [3.8, 4) is 6.07 Å². The minimum Gasteiger partial charge on any atom is -0.451 e. The molecule has 0 saturated heterocycles. The van der Waals surface area contributed by atoms with Gasteiger partial charge in [0.05, 0.1) is 16.1 Å². The highest BCUT2D eigenvalue weighted by Gasteiger charge is 2.31. The summed E-state index contributed by atoms with van der Waals surface area (Å²) in [7, 11) is 1.73. The quantitative estimate of drug-likeness (QED) is 0.202. The summed E-state index contributed by atoms with van der Waals surface area (Å²) in [6, 6.07) is 10.0. The lowest BCUT2D eigenvalue weighted by molar-refractivity contribution is -0.174. The first-order chi connectivity index (χ1) is 15.2. The van der Waals surface area contributed by atoms with E-state index in [0.717, 1.165) is 5.56 Å². The van der Waals surface area contributed by atoms with E-state index in [9.17, 15) is 10.1 Å². The van der Waals surface area contributed by atoms with Gasteiger partial charge >= 0.3 is 5.97 Å². The number of carbonyl (C=O) groups is 1. The average Bonchev–Trinajstić information content (AvgIpc) is 2.98. The van der Waals surface area contributed by atoms with Gasteiger partial charge in [0, 0.05) is 14.0 Å². The molecule has 0 amide bonds. The molecule has 0 saturated carbocycles. The molecule has 0 bridgehead atoms. The third kappa shape index (κ3) is 5.97. The van der Waals surface area contributed by atoms with Crippen LogP contribution in [0.1, 0.15) is 77.4 Å². The van der Waals surface area contributed by atoms with Crippen molar-refractivity contribution >= 4 is 28.9 Å². The number of hydrogen-bond acceptors (Lipinski definition) is 5. The second-order valence-corrected chi connectivity index (χ2v) is 10.2. The summed E-state index contributed by atoms with van der Waals surface area (Å²) in [5.74, 6) is -0.166. The molecule has 0 fully saturated rings. The van der Waals surface area contributed by atoms with E-state index in [-0.39, 0.29) is 22.7 Å².